The lowest BCUT2D eigenvalue weighted by Crippen LogP contribution is -2.34. The molecule has 0 bridgehead atoms. The van der Waals surface area contributed by atoms with Crippen LogP contribution in [0.5, 0.6) is 5.75 Å². The fraction of sp³-hybridized carbons (Fsp3) is 0.250. The molecule has 0 unspecified atom stereocenters. The number of aromatic nitrogens is 1. The van der Waals surface area contributed by atoms with Gasteiger partial charge in [-0.1, -0.05) is 12.1 Å². The number of hydrogen-bond acceptors (Lipinski definition) is 4. The van der Waals surface area contributed by atoms with Crippen LogP contribution in [0.4, 0.5) is 0 Å². The number of benzene rings is 2. The van der Waals surface area contributed by atoms with Crippen molar-refractivity contribution in [1.82, 2.24) is 9.29 Å². The van der Waals surface area contributed by atoms with Gasteiger partial charge < -0.3 is 4.74 Å². The van der Waals surface area contributed by atoms with Crippen molar-refractivity contribution in [3.05, 3.63) is 59.8 Å². The third-order valence-electron chi connectivity index (χ3n) is 4.94. The zero-order valence-corrected chi connectivity index (χ0v) is 15.7. The van der Waals surface area contributed by atoms with Crippen LogP contribution < -0.4 is 4.74 Å². The first-order valence-corrected chi connectivity index (χ1v) is 10.4. The first-order valence-electron chi connectivity index (χ1n) is 8.49. The third-order valence-corrected chi connectivity index (χ3v) is 6.23. The van der Waals surface area contributed by atoms with Crippen LogP contribution >= 0.6 is 0 Å². The van der Waals surface area contributed by atoms with E-state index in [4.69, 9.17) is 9.52 Å². The summed E-state index contributed by atoms with van der Waals surface area (Å²) in [5, 5.41) is 1.07. The smallest absolute Gasteiger partial charge is 0.121 e. The van der Waals surface area contributed by atoms with Crippen molar-refractivity contribution >= 4 is 20.8 Å². The molecule has 6 heteroatoms. The molecule has 134 valence electrons. The van der Waals surface area contributed by atoms with Crippen LogP contribution in [-0.2, 0) is 22.9 Å². The molecule has 1 N–H and O–H groups in total. The SMILES string of the molecule is COc1ccc2c(-c3ccc4c(c3)CN([S@@](C)(=N)=O)CC4)ccnc2c1. The molecule has 0 spiro atoms. The van der Waals surface area contributed by atoms with E-state index in [-0.39, 0.29) is 0 Å². The van der Waals surface area contributed by atoms with Crippen LogP contribution in [0.25, 0.3) is 22.0 Å². The van der Waals surface area contributed by atoms with E-state index in [0.717, 1.165) is 39.8 Å². The van der Waals surface area contributed by atoms with Gasteiger partial charge in [-0.15, -0.1) is 0 Å². The van der Waals surface area contributed by atoms with Crippen LogP contribution in [0.15, 0.2) is 48.7 Å². The van der Waals surface area contributed by atoms with Crippen LogP contribution in [0, 0.1) is 4.78 Å². The molecule has 3 aromatic rings. The molecule has 2 aromatic carbocycles. The van der Waals surface area contributed by atoms with Gasteiger partial charge in [0.1, 0.15) is 15.7 Å². The van der Waals surface area contributed by atoms with Crippen molar-refractivity contribution in [3.63, 3.8) is 0 Å². The zero-order valence-electron chi connectivity index (χ0n) is 14.9. The molecule has 0 radical (unpaired) electrons. The minimum absolute atomic E-state index is 0.554. The highest BCUT2D eigenvalue weighted by atomic mass is 32.2. The number of pyridine rings is 1. The maximum Gasteiger partial charge on any atom is 0.121 e. The Morgan fingerprint density at radius 1 is 1.15 bits per heavy atom. The van der Waals surface area contributed by atoms with Gasteiger partial charge >= 0.3 is 0 Å². The Morgan fingerprint density at radius 3 is 2.77 bits per heavy atom. The summed E-state index contributed by atoms with van der Waals surface area (Å²) >= 11 is 0. The van der Waals surface area contributed by atoms with Gasteiger partial charge in [0, 0.05) is 37.0 Å². The zero-order chi connectivity index (χ0) is 18.3. The summed E-state index contributed by atoms with van der Waals surface area (Å²) in [5.74, 6) is 0.788. The average Bonchev–Trinajstić information content (AvgIpc) is 2.65. The molecule has 5 nitrogen and oxygen atoms in total. The minimum atomic E-state index is -2.68. The second kappa shape index (κ2) is 6.37. The number of hydrogen-bond donors (Lipinski definition) is 1. The predicted octanol–water partition coefficient (Wildman–Crippen LogP) is 3.86. The monoisotopic (exact) mass is 367 g/mol. The molecule has 0 saturated carbocycles. The Balaban J connectivity index is 1.79. The summed E-state index contributed by atoms with van der Waals surface area (Å²) in [5.41, 5.74) is 5.53. The van der Waals surface area contributed by atoms with E-state index < -0.39 is 9.92 Å². The van der Waals surface area contributed by atoms with E-state index in [2.05, 4.69) is 23.2 Å². The standard InChI is InChI=1S/C20H21N3O2S/c1-25-17-5-6-19-18(7-9-22-20(19)12-17)15-4-3-14-8-10-23(26(2,21)24)13-16(14)11-15/h3-7,9,11-12,21H,8,10,13H2,1-2H3/t26-/m1/s1. The number of fused-ring (bicyclic) bond motifs is 2. The van der Waals surface area contributed by atoms with Crippen molar-refractivity contribution in [2.75, 3.05) is 19.9 Å². The first-order chi connectivity index (χ1) is 12.5. The van der Waals surface area contributed by atoms with Crippen molar-refractivity contribution in [2.24, 2.45) is 0 Å². The van der Waals surface area contributed by atoms with Crippen molar-refractivity contribution in [2.45, 2.75) is 13.0 Å². The largest absolute Gasteiger partial charge is 0.497 e. The van der Waals surface area contributed by atoms with Crippen molar-refractivity contribution < 1.29 is 8.95 Å². The molecule has 1 aromatic heterocycles. The average molecular weight is 367 g/mol. The summed E-state index contributed by atoms with van der Waals surface area (Å²) in [7, 11) is -1.03. The maximum atomic E-state index is 12.1. The molecule has 1 aliphatic heterocycles. The van der Waals surface area contributed by atoms with Gasteiger partial charge in [0.2, 0.25) is 0 Å². The van der Waals surface area contributed by atoms with Gasteiger partial charge in [-0.3, -0.25) is 4.98 Å². The summed E-state index contributed by atoms with van der Waals surface area (Å²) in [6, 6.07) is 14.4. The number of rotatable bonds is 3. The van der Waals surface area contributed by atoms with Crippen LogP contribution in [0.2, 0.25) is 0 Å². The summed E-state index contributed by atoms with van der Waals surface area (Å²) in [6.45, 7) is 1.22. The Bertz CT molecular complexity index is 1090. The Labute approximate surface area is 153 Å². The minimum Gasteiger partial charge on any atom is -0.497 e. The lowest BCUT2D eigenvalue weighted by Gasteiger charge is -2.28. The second-order valence-corrected chi connectivity index (χ2v) is 8.76. The summed E-state index contributed by atoms with van der Waals surface area (Å²) in [4.78, 5) is 4.46. The van der Waals surface area contributed by atoms with Gasteiger partial charge in [0.05, 0.1) is 12.6 Å². The molecule has 26 heavy (non-hydrogen) atoms. The Hall–Kier alpha value is -2.44. The highest BCUT2D eigenvalue weighted by Crippen LogP contribution is 2.32. The molecule has 0 saturated heterocycles. The van der Waals surface area contributed by atoms with Crippen LogP contribution in [-0.4, -0.2) is 33.4 Å². The molecule has 0 fully saturated rings. The highest BCUT2D eigenvalue weighted by Gasteiger charge is 2.21. The highest BCUT2D eigenvalue weighted by molar-refractivity contribution is 7.89. The predicted molar refractivity (Wildman–Crippen MR) is 105 cm³/mol. The summed E-state index contributed by atoms with van der Waals surface area (Å²) in [6.07, 6.45) is 4.13. The number of ether oxygens (including phenoxy) is 1. The molecule has 0 aliphatic carbocycles. The normalized spacial score (nSPS) is 16.8. The molecule has 1 atom stereocenters. The van der Waals surface area contributed by atoms with E-state index in [9.17, 15) is 4.21 Å². The fourth-order valence-electron chi connectivity index (χ4n) is 3.50. The van der Waals surface area contributed by atoms with E-state index in [0.29, 0.717) is 13.1 Å². The molecule has 0 amide bonds. The third kappa shape index (κ3) is 3.06. The van der Waals surface area contributed by atoms with E-state index in [1.165, 1.54) is 11.8 Å². The molecule has 2 heterocycles. The topological polar surface area (TPSA) is 66.3 Å². The van der Waals surface area contributed by atoms with Gasteiger partial charge in [-0.05, 0) is 52.9 Å². The molecule has 1 aliphatic rings. The number of nitrogens with zero attached hydrogens (tertiary/aromatic N) is 2. The Morgan fingerprint density at radius 2 is 2.00 bits per heavy atom. The maximum absolute atomic E-state index is 12.1. The molecule has 4 rings (SSSR count). The number of methoxy groups -OCH3 is 1. The lowest BCUT2D eigenvalue weighted by molar-refractivity contribution is 0.415. The molecular formula is C20H21N3O2S. The van der Waals surface area contributed by atoms with Gasteiger partial charge in [-0.2, -0.15) is 0 Å². The lowest BCUT2D eigenvalue weighted by atomic mass is 9.94. The van der Waals surface area contributed by atoms with E-state index in [1.807, 2.05) is 30.5 Å². The molecular weight excluding hydrogens is 346 g/mol. The number of nitrogens with one attached hydrogen (secondary N) is 1. The first kappa shape index (κ1) is 17.0. The Kier molecular flexibility index (Phi) is 4.17. The van der Waals surface area contributed by atoms with E-state index in [1.54, 1.807) is 11.4 Å². The summed E-state index contributed by atoms with van der Waals surface area (Å²) < 4.78 is 27.0. The fourth-order valence-corrected chi connectivity index (χ4v) is 4.33. The van der Waals surface area contributed by atoms with Crippen molar-refractivity contribution in [3.8, 4) is 16.9 Å². The van der Waals surface area contributed by atoms with Gasteiger partial charge in [0.15, 0.2) is 0 Å². The van der Waals surface area contributed by atoms with Gasteiger partial charge in [-0.25, -0.2) is 13.3 Å². The van der Waals surface area contributed by atoms with Gasteiger partial charge in [0.25, 0.3) is 0 Å². The quantitative estimate of drug-likeness (QED) is 0.764. The van der Waals surface area contributed by atoms with Crippen LogP contribution in [0.3, 0.4) is 0 Å². The second-order valence-electron chi connectivity index (χ2n) is 6.64. The van der Waals surface area contributed by atoms with E-state index >= 15 is 0 Å². The van der Waals surface area contributed by atoms with Crippen LogP contribution in [0.1, 0.15) is 11.1 Å². The van der Waals surface area contributed by atoms with Crippen molar-refractivity contribution in [1.29, 1.82) is 4.78 Å².